The summed E-state index contributed by atoms with van der Waals surface area (Å²) >= 11 is 3.50. The van der Waals surface area contributed by atoms with Gasteiger partial charge in [0.25, 0.3) is 5.91 Å². The van der Waals surface area contributed by atoms with E-state index < -0.39 is 0 Å². The van der Waals surface area contributed by atoms with Crippen molar-refractivity contribution in [3.05, 3.63) is 65.0 Å². The van der Waals surface area contributed by atoms with Crippen LogP contribution in [0.1, 0.15) is 33.2 Å². The molecule has 1 unspecified atom stereocenters. The second-order valence-electron chi connectivity index (χ2n) is 4.62. The highest BCUT2D eigenvalue weighted by atomic mass is 79.9. The molecule has 2 nitrogen and oxygen atoms in total. The van der Waals surface area contributed by atoms with Crippen LogP contribution in [0.15, 0.2) is 42.5 Å². The third-order valence-corrected chi connectivity index (χ3v) is 3.55. The molecular weight excluding hydrogens is 321 g/mol. The Morgan fingerprint density at radius 3 is 2.60 bits per heavy atom. The molecule has 2 aromatic rings. The summed E-state index contributed by atoms with van der Waals surface area (Å²) < 4.78 is 13.2. The van der Waals surface area contributed by atoms with Crippen LogP contribution in [0.5, 0.6) is 0 Å². The number of amides is 1. The second-order valence-corrected chi connectivity index (χ2v) is 5.99. The summed E-state index contributed by atoms with van der Waals surface area (Å²) in [5.41, 5.74) is 2.66. The van der Waals surface area contributed by atoms with Crippen molar-refractivity contribution >= 4 is 27.5 Å². The zero-order valence-electron chi connectivity index (χ0n) is 11.3. The lowest BCUT2D eigenvalue weighted by Crippen LogP contribution is -2.13. The fourth-order valence-corrected chi connectivity index (χ4v) is 2.34. The molecule has 0 saturated carbocycles. The number of aryl methyl sites for hydroxylation is 1. The highest BCUT2D eigenvalue weighted by Crippen LogP contribution is 2.28. The minimum absolute atomic E-state index is 0.133. The Morgan fingerprint density at radius 1 is 1.25 bits per heavy atom. The van der Waals surface area contributed by atoms with Gasteiger partial charge in [-0.15, -0.1) is 0 Å². The van der Waals surface area contributed by atoms with Crippen LogP contribution in [0.3, 0.4) is 0 Å². The molecule has 0 radical (unpaired) electrons. The minimum atomic E-state index is -0.309. The molecule has 0 fully saturated rings. The van der Waals surface area contributed by atoms with Gasteiger partial charge in [0.05, 0.1) is 0 Å². The number of benzene rings is 2. The molecule has 1 atom stereocenters. The van der Waals surface area contributed by atoms with E-state index in [4.69, 9.17) is 0 Å². The smallest absolute Gasteiger partial charge is 0.255 e. The van der Waals surface area contributed by atoms with Gasteiger partial charge in [0.15, 0.2) is 0 Å². The molecule has 104 valence electrons. The summed E-state index contributed by atoms with van der Waals surface area (Å²) in [5.74, 6) is -0.551. The van der Waals surface area contributed by atoms with Crippen molar-refractivity contribution in [1.82, 2.24) is 0 Å². The summed E-state index contributed by atoms with van der Waals surface area (Å²) in [6.07, 6.45) is 0. The van der Waals surface area contributed by atoms with Crippen molar-refractivity contribution in [2.24, 2.45) is 0 Å². The Hall–Kier alpha value is -1.68. The predicted molar refractivity (Wildman–Crippen MR) is 82.9 cm³/mol. The lowest BCUT2D eigenvalue weighted by molar-refractivity contribution is 0.102. The van der Waals surface area contributed by atoms with Gasteiger partial charge in [-0.1, -0.05) is 34.1 Å². The molecule has 0 aliphatic heterocycles. The third-order valence-electron chi connectivity index (χ3n) is 3.06. The molecule has 20 heavy (non-hydrogen) atoms. The zero-order valence-corrected chi connectivity index (χ0v) is 12.9. The summed E-state index contributed by atoms with van der Waals surface area (Å²) in [5, 5.41) is 2.86. The molecule has 0 heterocycles. The van der Waals surface area contributed by atoms with E-state index in [2.05, 4.69) is 21.2 Å². The Labute approximate surface area is 126 Å². The Balaban J connectivity index is 2.26. The van der Waals surface area contributed by atoms with E-state index in [0.29, 0.717) is 11.1 Å². The monoisotopic (exact) mass is 335 g/mol. The van der Waals surface area contributed by atoms with Crippen molar-refractivity contribution in [2.75, 3.05) is 5.32 Å². The van der Waals surface area contributed by atoms with Crippen LogP contribution in [0.25, 0.3) is 0 Å². The van der Waals surface area contributed by atoms with Gasteiger partial charge in [-0.2, -0.15) is 0 Å². The highest BCUT2D eigenvalue weighted by molar-refractivity contribution is 9.09. The van der Waals surface area contributed by atoms with Gasteiger partial charge in [0.1, 0.15) is 5.82 Å². The largest absolute Gasteiger partial charge is 0.322 e. The molecule has 4 heteroatoms. The van der Waals surface area contributed by atoms with Crippen molar-refractivity contribution in [3.63, 3.8) is 0 Å². The van der Waals surface area contributed by atoms with E-state index in [1.807, 2.05) is 31.2 Å². The third kappa shape index (κ3) is 3.25. The number of anilines is 1. The van der Waals surface area contributed by atoms with Crippen LogP contribution in [0, 0.1) is 12.7 Å². The van der Waals surface area contributed by atoms with Crippen LogP contribution >= 0.6 is 15.9 Å². The van der Waals surface area contributed by atoms with Gasteiger partial charge < -0.3 is 5.32 Å². The lowest BCUT2D eigenvalue weighted by Gasteiger charge is -2.13. The van der Waals surface area contributed by atoms with Crippen LogP contribution in [0.2, 0.25) is 0 Å². The highest BCUT2D eigenvalue weighted by Gasteiger charge is 2.12. The molecular formula is C16H15BrFNO. The van der Waals surface area contributed by atoms with E-state index in [1.165, 1.54) is 12.1 Å². The van der Waals surface area contributed by atoms with E-state index in [-0.39, 0.29) is 16.6 Å². The van der Waals surface area contributed by atoms with Crippen LogP contribution in [-0.2, 0) is 0 Å². The fourth-order valence-electron chi connectivity index (χ4n) is 1.94. The molecule has 0 aliphatic rings. The molecule has 0 aliphatic carbocycles. The summed E-state index contributed by atoms with van der Waals surface area (Å²) in [6, 6.07) is 11.9. The van der Waals surface area contributed by atoms with Gasteiger partial charge in [0, 0.05) is 16.1 Å². The first-order chi connectivity index (χ1) is 9.49. The van der Waals surface area contributed by atoms with Gasteiger partial charge in [-0.25, -0.2) is 4.39 Å². The Morgan fingerprint density at radius 2 is 1.95 bits per heavy atom. The first-order valence-electron chi connectivity index (χ1n) is 6.29. The van der Waals surface area contributed by atoms with E-state index in [1.54, 1.807) is 13.0 Å². The number of nitrogens with one attached hydrogen (secondary N) is 1. The first kappa shape index (κ1) is 14.7. The van der Waals surface area contributed by atoms with E-state index >= 15 is 0 Å². The number of carbonyl (C=O) groups excluding carboxylic acids is 1. The summed E-state index contributed by atoms with van der Waals surface area (Å²) in [6.45, 7) is 3.63. The van der Waals surface area contributed by atoms with Crippen LogP contribution in [0.4, 0.5) is 10.1 Å². The molecule has 1 amide bonds. The van der Waals surface area contributed by atoms with Crippen LogP contribution in [-0.4, -0.2) is 5.91 Å². The van der Waals surface area contributed by atoms with E-state index in [0.717, 1.165) is 11.3 Å². The number of hydrogen-bond donors (Lipinski definition) is 1. The number of carbonyl (C=O) groups is 1. The topological polar surface area (TPSA) is 29.1 Å². The fraction of sp³-hybridized carbons (Fsp3) is 0.188. The summed E-state index contributed by atoms with van der Waals surface area (Å²) in [7, 11) is 0. The summed E-state index contributed by atoms with van der Waals surface area (Å²) in [4.78, 5) is 12.3. The average molecular weight is 336 g/mol. The van der Waals surface area contributed by atoms with Gasteiger partial charge in [-0.3, -0.25) is 4.79 Å². The normalized spacial score (nSPS) is 12.0. The van der Waals surface area contributed by atoms with Gasteiger partial charge >= 0.3 is 0 Å². The van der Waals surface area contributed by atoms with Crippen LogP contribution < -0.4 is 5.32 Å². The lowest BCUT2D eigenvalue weighted by atomic mass is 10.1. The Bertz CT molecular complexity index is 640. The first-order valence-corrected chi connectivity index (χ1v) is 7.21. The van der Waals surface area contributed by atoms with Crippen molar-refractivity contribution in [1.29, 1.82) is 0 Å². The number of halogens is 2. The van der Waals surface area contributed by atoms with Gasteiger partial charge in [0.2, 0.25) is 0 Å². The molecule has 1 N–H and O–H groups in total. The molecule has 2 rings (SSSR count). The number of hydrogen-bond acceptors (Lipinski definition) is 1. The Kier molecular flexibility index (Phi) is 4.55. The standard InChI is InChI=1S/C16H15BrFNO/c1-10-9-12(7-8-14(10)18)16(20)19-15-6-4-3-5-13(15)11(2)17/h3-9,11H,1-2H3,(H,19,20). The molecule has 0 spiro atoms. The van der Waals surface area contributed by atoms with E-state index in [9.17, 15) is 9.18 Å². The SMILES string of the molecule is Cc1cc(C(=O)Nc2ccccc2C(C)Br)ccc1F. The number of para-hydroxylation sites is 1. The molecule has 2 aromatic carbocycles. The van der Waals surface area contributed by atoms with Gasteiger partial charge in [-0.05, 0) is 49.2 Å². The number of rotatable bonds is 3. The maximum atomic E-state index is 13.2. The van der Waals surface area contributed by atoms with Crippen molar-refractivity contribution < 1.29 is 9.18 Å². The zero-order chi connectivity index (χ0) is 14.7. The maximum absolute atomic E-state index is 13.2. The minimum Gasteiger partial charge on any atom is -0.322 e. The quantitative estimate of drug-likeness (QED) is 0.798. The maximum Gasteiger partial charge on any atom is 0.255 e. The predicted octanol–water partition coefficient (Wildman–Crippen LogP) is 4.84. The molecule has 0 saturated heterocycles. The molecule has 0 bridgehead atoms. The second kappa shape index (κ2) is 6.18. The average Bonchev–Trinajstić information content (AvgIpc) is 2.42. The molecule has 0 aromatic heterocycles. The van der Waals surface area contributed by atoms with Crippen molar-refractivity contribution in [3.8, 4) is 0 Å². The number of alkyl halides is 1. The van der Waals surface area contributed by atoms with Crippen molar-refractivity contribution in [2.45, 2.75) is 18.7 Å².